The topological polar surface area (TPSA) is 27.7 Å². The number of hydrogen-bond acceptors (Lipinski definition) is 3. The summed E-state index contributed by atoms with van der Waals surface area (Å²) in [5, 5.41) is 0. The molecule has 0 unspecified atom stereocenters. The molecule has 3 nitrogen and oxygen atoms in total. The molecule has 1 rings (SSSR count). The van der Waals surface area contributed by atoms with Gasteiger partial charge in [-0.15, -0.1) is 11.6 Å². The van der Waals surface area contributed by atoms with Gasteiger partial charge in [0.2, 0.25) is 0 Å². The maximum Gasteiger partial charge on any atom is 0.500 e. The normalized spacial score (nSPS) is 11.8. The van der Waals surface area contributed by atoms with E-state index in [0.29, 0.717) is 25.7 Å². The largest absolute Gasteiger partial charge is 0.500 e. The van der Waals surface area contributed by atoms with Gasteiger partial charge in [0.25, 0.3) is 0 Å². The first-order chi connectivity index (χ1) is 9.71. The molecule has 0 radical (unpaired) electrons. The molecule has 0 saturated carbocycles. The first kappa shape index (κ1) is 17.7. The average molecular weight is 317 g/mol. The summed E-state index contributed by atoms with van der Waals surface area (Å²) in [6, 6.07) is 8.98. The number of rotatable bonds is 10. The second kappa shape index (κ2) is 9.53. The van der Waals surface area contributed by atoms with Crippen molar-refractivity contribution >= 4 is 20.4 Å². The highest BCUT2D eigenvalue weighted by Gasteiger charge is 2.38. The van der Waals surface area contributed by atoms with E-state index >= 15 is 0 Å². The van der Waals surface area contributed by atoms with Gasteiger partial charge in [-0.05, 0) is 31.4 Å². The van der Waals surface area contributed by atoms with Crippen LogP contribution in [0.1, 0.15) is 31.9 Å². The Morgan fingerprint density at radius 3 is 2.05 bits per heavy atom. The maximum absolute atomic E-state index is 6.01. The summed E-state index contributed by atoms with van der Waals surface area (Å²) >= 11 is 5.95. The summed E-state index contributed by atoms with van der Waals surface area (Å²) < 4.78 is 17.6. The molecule has 0 bridgehead atoms. The van der Waals surface area contributed by atoms with Crippen molar-refractivity contribution in [3.05, 3.63) is 35.4 Å². The summed E-state index contributed by atoms with van der Waals surface area (Å²) in [6.07, 6.45) is 0.831. The Kier molecular flexibility index (Phi) is 8.41. The Morgan fingerprint density at radius 1 is 0.950 bits per heavy atom. The lowest BCUT2D eigenvalue weighted by Gasteiger charge is -2.27. The zero-order chi connectivity index (χ0) is 14.8. The molecule has 0 spiro atoms. The standard InChI is InChI=1S/C15H25ClO3Si/c1-4-17-20(6-3,18-5-2)19-12-11-14-9-7-8-10-15(14)13-16/h7-10H,4-6,11-13H2,1-3H3. The molecule has 0 aliphatic heterocycles. The van der Waals surface area contributed by atoms with Crippen molar-refractivity contribution < 1.29 is 13.3 Å². The third kappa shape index (κ3) is 5.18. The fourth-order valence-corrected chi connectivity index (χ4v) is 4.54. The van der Waals surface area contributed by atoms with E-state index in [1.165, 1.54) is 5.56 Å². The molecule has 114 valence electrons. The first-order valence-electron chi connectivity index (χ1n) is 7.25. The van der Waals surface area contributed by atoms with Crippen LogP contribution in [0, 0.1) is 0 Å². The summed E-state index contributed by atoms with van der Waals surface area (Å²) in [4.78, 5) is 0. The molecule has 5 heteroatoms. The lowest BCUT2D eigenvalue weighted by molar-refractivity contribution is 0.0691. The van der Waals surface area contributed by atoms with Crippen molar-refractivity contribution in [1.29, 1.82) is 0 Å². The molecule has 1 aromatic carbocycles. The van der Waals surface area contributed by atoms with Crippen LogP contribution in [0.4, 0.5) is 0 Å². The van der Waals surface area contributed by atoms with Crippen LogP contribution in [0.15, 0.2) is 24.3 Å². The first-order valence-corrected chi connectivity index (χ1v) is 9.72. The predicted octanol–water partition coefficient (Wildman–Crippen LogP) is 4.02. The van der Waals surface area contributed by atoms with Crippen LogP contribution < -0.4 is 0 Å². The van der Waals surface area contributed by atoms with Crippen molar-refractivity contribution in [2.24, 2.45) is 0 Å². The van der Waals surface area contributed by atoms with E-state index in [1.807, 2.05) is 26.0 Å². The zero-order valence-electron chi connectivity index (χ0n) is 12.7. The van der Waals surface area contributed by atoms with Crippen LogP contribution in [0.25, 0.3) is 0 Å². The highest BCUT2D eigenvalue weighted by molar-refractivity contribution is 6.60. The van der Waals surface area contributed by atoms with Crippen LogP contribution in [0.5, 0.6) is 0 Å². The fraction of sp³-hybridized carbons (Fsp3) is 0.600. The van der Waals surface area contributed by atoms with Gasteiger partial charge in [-0.25, -0.2) is 0 Å². The molecule has 0 aromatic heterocycles. The predicted molar refractivity (Wildman–Crippen MR) is 85.1 cm³/mol. The Hall–Kier alpha value is -0.393. The van der Waals surface area contributed by atoms with Crippen LogP contribution >= 0.6 is 11.6 Å². The SMILES string of the molecule is CCO[Si](CC)(OCC)OCCc1ccccc1CCl. The van der Waals surface area contributed by atoms with Gasteiger partial charge in [0, 0.05) is 31.7 Å². The quantitative estimate of drug-likeness (QED) is 0.482. The average Bonchev–Trinajstić information content (AvgIpc) is 2.48. The van der Waals surface area contributed by atoms with Crippen molar-refractivity contribution in [2.45, 2.75) is 39.1 Å². The molecule has 1 aromatic rings. The van der Waals surface area contributed by atoms with Crippen LogP contribution in [0.2, 0.25) is 6.04 Å². The van der Waals surface area contributed by atoms with E-state index in [1.54, 1.807) is 0 Å². The van der Waals surface area contributed by atoms with E-state index in [4.69, 9.17) is 24.9 Å². The molecule has 0 aliphatic carbocycles. The monoisotopic (exact) mass is 316 g/mol. The third-order valence-corrected chi connectivity index (χ3v) is 6.37. The van der Waals surface area contributed by atoms with Crippen molar-refractivity contribution in [3.63, 3.8) is 0 Å². The van der Waals surface area contributed by atoms with Gasteiger partial charge in [-0.1, -0.05) is 31.2 Å². The summed E-state index contributed by atoms with van der Waals surface area (Å²) in [5.41, 5.74) is 2.39. The minimum absolute atomic E-state index is 0.531. The number of alkyl halides is 1. The molecule has 20 heavy (non-hydrogen) atoms. The van der Waals surface area contributed by atoms with E-state index in [-0.39, 0.29) is 0 Å². The molecule has 0 N–H and O–H groups in total. The van der Waals surface area contributed by atoms with Crippen LogP contribution in [-0.4, -0.2) is 28.6 Å². The second-order valence-corrected chi connectivity index (χ2v) is 7.61. The van der Waals surface area contributed by atoms with Gasteiger partial charge in [0.05, 0.1) is 0 Å². The highest BCUT2D eigenvalue weighted by atomic mass is 35.5. The maximum atomic E-state index is 6.01. The van der Waals surface area contributed by atoms with E-state index in [2.05, 4.69) is 19.1 Å². The zero-order valence-corrected chi connectivity index (χ0v) is 14.4. The molecule has 0 saturated heterocycles. The lowest BCUT2D eigenvalue weighted by atomic mass is 10.1. The molecular weight excluding hydrogens is 292 g/mol. The van der Waals surface area contributed by atoms with Crippen molar-refractivity contribution in [2.75, 3.05) is 19.8 Å². The van der Waals surface area contributed by atoms with Gasteiger partial charge in [-0.2, -0.15) is 0 Å². The smallest absolute Gasteiger partial charge is 0.374 e. The van der Waals surface area contributed by atoms with Gasteiger partial charge >= 0.3 is 8.80 Å². The highest BCUT2D eigenvalue weighted by Crippen LogP contribution is 2.17. The minimum Gasteiger partial charge on any atom is -0.374 e. The second-order valence-electron chi connectivity index (χ2n) is 4.40. The Bertz CT molecular complexity index is 381. The van der Waals surface area contributed by atoms with Crippen LogP contribution in [0.3, 0.4) is 0 Å². The summed E-state index contributed by atoms with van der Waals surface area (Å²) in [6.45, 7) is 7.86. The molecule has 0 amide bonds. The van der Waals surface area contributed by atoms with Crippen molar-refractivity contribution in [3.8, 4) is 0 Å². The summed E-state index contributed by atoms with van der Waals surface area (Å²) in [7, 11) is -2.48. The molecule has 0 fully saturated rings. The number of hydrogen-bond donors (Lipinski definition) is 0. The Labute approximate surface area is 128 Å². The molecular formula is C15H25ClO3Si. The van der Waals surface area contributed by atoms with E-state index < -0.39 is 8.80 Å². The molecule has 0 atom stereocenters. The van der Waals surface area contributed by atoms with Crippen molar-refractivity contribution in [1.82, 2.24) is 0 Å². The third-order valence-electron chi connectivity index (χ3n) is 3.12. The Morgan fingerprint density at radius 2 is 1.55 bits per heavy atom. The van der Waals surface area contributed by atoms with Gasteiger partial charge in [-0.3, -0.25) is 0 Å². The fourth-order valence-electron chi connectivity index (χ4n) is 2.12. The molecule has 0 aliphatic rings. The summed E-state index contributed by atoms with van der Waals surface area (Å²) in [5.74, 6) is 0.531. The van der Waals surface area contributed by atoms with Gasteiger partial charge < -0.3 is 13.3 Å². The van der Waals surface area contributed by atoms with E-state index in [0.717, 1.165) is 18.0 Å². The lowest BCUT2D eigenvalue weighted by Crippen LogP contribution is -2.45. The van der Waals surface area contributed by atoms with E-state index in [9.17, 15) is 0 Å². The molecule has 0 heterocycles. The Balaban J connectivity index is 2.59. The van der Waals surface area contributed by atoms with Gasteiger partial charge in [0.15, 0.2) is 0 Å². The number of benzene rings is 1. The van der Waals surface area contributed by atoms with Crippen LogP contribution in [-0.2, 0) is 25.6 Å². The van der Waals surface area contributed by atoms with Gasteiger partial charge in [0.1, 0.15) is 0 Å². The number of halogens is 1. The minimum atomic E-state index is -2.48.